The highest BCUT2D eigenvalue weighted by Gasteiger charge is 2.04. The summed E-state index contributed by atoms with van der Waals surface area (Å²) >= 11 is 0. The predicted octanol–water partition coefficient (Wildman–Crippen LogP) is -0.790. The smallest absolute Gasteiger partial charge is 0.337 e. The van der Waals surface area contributed by atoms with Gasteiger partial charge in [0.05, 0.1) is 6.07 Å². The van der Waals surface area contributed by atoms with Crippen LogP contribution < -0.4 is 16.5 Å². The van der Waals surface area contributed by atoms with Crippen LogP contribution in [0.5, 0.6) is 0 Å². The zero-order valence-corrected chi connectivity index (χ0v) is 7.78. The van der Waals surface area contributed by atoms with Crippen molar-refractivity contribution in [2.24, 2.45) is 5.84 Å². The van der Waals surface area contributed by atoms with Crippen molar-refractivity contribution < 1.29 is 4.52 Å². The summed E-state index contributed by atoms with van der Waals surface area (Å²) < 4.78 is 4.48. The first-order chi connectivity index (χ1) is 6.09. The second kappa shape index (κ2) is 4.11. The van der Waals surface area contributed by atoms with E-state index in [-0.39, 0.29) is 0 Å². The van der Waals surface area contributed by atoms with Crippen molar-refractivity contribution in [3.63, 3.8) is 0 Å². The lowest BCUT2D eigenvalue weighted by atomic mass is 10.5. The molecule has 1 aromatic rings. The third-order valence-electron chi connectivity index (χ3n) is 1.61. The molecule has 1 aromatic heterocycles. The van der Waals surface area contributed by atoms with E-state index in [2.05, 4.69) is 9.68 Å². The number of nitrogens with one attached hydrogen (secondary N) is 1. The van der Waals surface area contributed by atoms with E-state index in [9.17, 15) is 4.79 Å². The van der Waals surface area contributed by atoms with Crippen LogP contribution in [0.4, 0.5) is 5.82 Å². The summed E-state index contributed by atoms with van der Waals surface area (Å²) in [5.41, 5.74) is -0.421. The van der Waals surface area contributed by atoms with Crippen LogP contribution >= 0.6 is 0 Å². The molecule has 0 saturated carbocycles. The predicted molar refractivity (Wildman–Crippen MR) is 49.4 cm³/mol. The number of rotatable bonds is 4. The minimum Gasteiger partial charge on any atom is -0.337 e. The van der Waals surface area contributed by atoms with Gasteiger partial charge in [-0.1, -0.05) is 0 Å². The van der Waals surface area contributed by atoms with E-state index in [0.29, 0.717) is 12.4 Å². The van der Waals surface area contributed by atoms with E-state index in [1.54, 1.807) is 0 Å². The van der Waals surface area contributed by atoms with Crippen molar-refractivity contribution in [2.45, 2.75) is 0 Å². The average molecular weight is 186 g/mol. The molecule has 3 N–H and O–H groups in total. The first-order valence-electron chi connectivity index (χ1n) is 3.95. The van der Waals surface area contributed by atoms with Crippen LogP contribution in [-0.2, 0) is 0 Å². The molecule has 0 aliphatic carbocycles. The number of hydrogen-bond acceptors (Lipinski definition) is 5. The Balaban J connectivity index is 2.48. The molecule has 0 bridgehead atoms. The van der Waals surface area contributed by atoms with Crippen molar-refractivity contribution >= 4 is 5.82 Å². The van der Waals surface area contributed by atoms with E-state index in [0.717, 1.165) is 6.54 Å². The Labute approximate surface area is 75.8 Å². The summed E-state index contributed by atoms with van der Waals surface area (Å²) in [5.74, 6) is 6.13. The van der Waals surface area contributed by atoms with Gasteiger partial charge in [-0.25, -0.2) is 15.8 Å². The van der Waals surface area contributed by atoms with Crippen LogP contribution in [0.2, 0.25) is 0 Å². The monoisotopic (exact) mass is 186 g/mol. The highest BCUT2D eigenvalue weighted by atomic mass is 16.5. The Morgan fingerprint density at radius 2 is 2.23 bits per heavy atom. The van der Waals surface area contributed by atoms with Crippen LogP contribution in [0.1, 0.15) is 0 Å². The molecule has 0 aliphatic rings. The number of hydrogen-bond donors (Lipinski definition) is 2. The molecule has 0 aromatic carbocycles. The second-order valence-electron chi connectivity index (χ2n) is 3.05. The SMILES string of the molecule is CN(C)CCN(N)c1cc(=O)o[nH]1. The summed E-state index contributed by atoms with van der Waals surface area (Å²) in [4.78, 5) is 12.6. The van der Waals surface area contributed by atoms with Crippen LogP contribution in [-0.4, -0.2) is 37.2 Å². The fourth-order valence-electron chi connectivity index (χ4n) is 0.843. The first kappa shape index (κ1) is 9.82. The topological polar surface area (TPSA) is 78.5 Å². The number of aromatic amines is 1. The van der Waals surface area contributed by atoms with Gasteiger partial charge in [0.15, 0.2) is 5.82 Å². The average Bonchev–Trinajstić information content (AvgIpc) is 2.47. The second-order valence-corrected chi connectivity index (χ2v) is 3.05. The zero-order valence-electron chi connectivity index (χ0n) is 7.78. The van der Waals surface area contributed by atoms with Crippen molar-refractivity contribution in [3.05, 3.63) is 16.5 Å². The molecular formula is C7H14N4O2. The van der Waals surface area contributed by atoms with Gasteiger partial charge in [-0.15, -0.1) is 0 Å². The van der Waals surface area contributed by atoms with Gasteiger partial charge >= 0.3 is 5.63 Å². The largest absolute Gasteiger partial charge is 0.359 e. The first-order valence-corrected chi connectivity index (χ1v) is 3.95. The van der Waals surface area contributed by atoms with Gasteiger partial charge in [-0.2, -0.15) is 0 Å². The molecule has 0 radical (unpaired) electrons. The van der Waals surface area contributed by atoms with Crippen LogP contribution in [0.15, 0.2) is 15.4 Å². The molecule has 0 spiro atoms. The molecule has 0 atom stereocenters. The van der Waals surface area contributed by atoms with Crippen LogP contribution in [0, 0.1) is 0 Å². The molecule has 6 nitrogen and oxygen atoms in total. The molecule has 0 saturated heterocycles. The minimum absolute atomic E-state index is 0.421. The number of anilines is 1. The standard InChI is InChI=1S/C7H14N4O2/c1-10(2)3-4-11(8)6-5-7(12)13-9-6/h5,9H,3-4,8H2,1-2H3. The van der Waals surface area contributed by atoms with Crippen LogP contribution in [0.3, 0.4) is 0 Å². The molecule has 1 heterocycles. The van der Waals surface area contributed by atoms with Crippen molar-refractivity contribution in [3.8, 4) is 0 Å². The summed E-state index contributed by atoms with van der Waals surface area (Å²) in [5, 5.41) is 3.86. The Kier molecular flexibility index (Phi) is 3.10. The Bertz CT molecular complexity index is 303. The van der Waals surface area contributed by atoms with Gasteiger partial charge in [0.1, 0.15) is 0 Å². The van der Waals surface area contributed by atoms with Gasteiger partial charge in [0.2, 0.25) is 0 Å². The van der Waals surface area contributed by atoms with Crippen molar-refractivity contribution in [1.82, 2.24) is 10.1 Å². The van der Waals surface area contributed by atoms with Gasteiger partial charge in [0.25, 0.3) is 0 Å². The maximum Gasteiger partial charge on any atom is 0.359 e. The van der Waals surface area contributed by atoms with Gasteiger partial charge in [0, 0.05) is 13.1 Å². The number of aromatic nitrogens is 1. The number of nitrogens with zero attached hydrogens (tertiary/aromatic N) is 2. The quantitative estimate of drug-likeness (QED) is 0.476. The summed E-state index contributed by atoms with van der Waals surface area (Å²) in [6.45, 7) is 1.44. The zero-order chi connectivity index (χ0) is 9.84. The molecule has 13 heavy (non-hydrogen) atoms. The molecule has 0 fully saturated rings. The molecule has 0 amide bonds. The fourth-order valence-corrected chi connectivity index (χ4v) is 0.843. The number of nitrogens with two attached hydrogens (primary N) is 1. The Morgan fingerprint density at radius 1 is 1.54 bits per heavy atom. The lowest BCUT2D eigenvalue weighted by Gasteiger charge is -2.17. The molecule has 1 rings (SSSR count). The highest BCUT2D eigenvalue weighted by molar-refractivity contribution is 5.32. The number of hydrazine groups is 1. The van der Waals surface area contributed by atoms with Crippen molar-refractivity contribution in [1.29, 1.82) is 0 Å². The van der Waals surface area contributed by atoms with Gasteiger partial charge < -0.3 is 9.42 Å². The summed E-state index contributed by atoms with van der Waals surface area (Å²) in [6, 6.07) is 1.32. The maximum atomic E-state index is 10.6. The number of H-pyrrole nitrogens is 1. The lowest BCUT2D eigenvalue weighted by molar-refractivity contribution is 0.386. The molecular weight excluding hydrogens is 172 g/mol. The van der Waals surface area contributed by atoms with E-state index >= 15 is 0 Å². The van der Waals surface area contributed by atoms with E-state index in [1.165, 1.54) is 11.1 Å². The van der Waals surface area contributed by atoms with Gasteiger partial charge in [-0.05, 0) is 14.1 Å². The third kappa shape index (κ3) is 2.92. The third-order valence-corrected chi connectivity index (χ3v) is 1.61. The summed E-state index contributed by atoms with van der Waals surface area (Å²) in [6.07, 6.45) is 0. The molecule has 74 valence electrons. The Morgan fingerprint density at radius 3 is 2.69 bits per heavy atom. The van der Waals surface area contributed by atoms with E-state index < -0.39 is 5.63 Å². The maximum absolute atomic E-state index is 10.6. The number of likely N-dealkylation sites (N-methyl/N-ethyl adjacent to an activating group) is 1. The molecule has 0 unspecified atom stereocenters. The van der Waals surface area contributed by atoms with E-state index in [1.807, 2.05) is 19.0 Å². The fraction of sp³-hybridized carbons (Fsp3) is 0.571. The highest BCUT2D eigenvalue weighted by Crippen LogP contribution is 2.00. The van der Waals surface area contributed by atoms with E-state index in [4.69, 9.17) is 5.84 Å². The van der Waals surface area contributed by atoms with Crippen LogP contribution in [0.25, 0.3) is 0 Å². The summed E-state index contributed by atoms with van der Waals surface area (Å²) in [7, 11) is 3.90. The minimum atomic E-state index is -0.421. The Hall–Kier alpha value is -1.27. The molecule has 0 aliphatic heterocycles. The van der Waals surface area contributed by atoms with Crippen molar-refractivity contribution in [2.75, 3.05) is 32.2 Å². The lowest BCUT2D eigenvalue weighted by Crippen LogP contribution is -2.37. The van der Waals surface area contributed by atoms with Gasteiger partial charge in [-0.3, -0.25) is 5.01 Å². The molecule has 6 heteroatoms. The normalized spacial score (nSPS) is 10.8.